The maximum atomic E-state index is 15.0. The minimum atomic E-state index is -5.11. The maximum absolute atomic E-state index is 15.0. The Morgan fingerprint density at radius 1 is 1.01 bits per heavy atom. The van der Waals surface area contributed by atoms with E-state index >= 15 is 4.79 Å². The number of phosphoric ester groups is 1. The molecule has 398 valence electrons. The van der Waals surface area contributed by atoms with E-state index in [0.29, 0.717) is 61.3 Å². The van der Waals surface area contributed by atoms with Crippen LogP contribution in [0.5, 0.6) is 5.75 Å². The van der Waals surface area contributed by atoms with Gasteiger partial charge in [-0.25, -0.2) is 9.99 Å². The number of ether oxygens (including phenoxy) is 2. The van der Waals surface area contributed by atoms with Crippen molar-refractivity contribution in [3.05, 3.63) is 71.5 Å². The van der Waals surface area contributed by atoms with Crippen LogP contribution in [-0.2, 0) is 57.4 Å². The summed E-state index contributed by atoms with van der Waals surface area (Å²) in [6.45, 7) is 8.70. The van der Waals surface area contributed by atoms with E-state index in [1.807, 2.05) is 57.2 Å². The van der Waals surface area contributed by atoms with Gasteiger partial charge in [0.15, 0.2) is 0 Å². The van der Waals surface area contributed by atoms with Crippen LogP contribution >= 0.6 is 7.82 Å². The number of hydrazine groups is 1. The highest BCUT2D eigenvalue weighted by atomic mass is 31.2. The fourth-order valence-electron chi connectivity index (χ4n) is 11.5. The lowest BCUT2D eigenvalue weighted by Gasteiger charge is -2.37. The number of methoxy groups -OCH3 is 1. The maximum Gasteiger partial charge on any atom is 0.524 e. The molecule has 2 aliphatic carbocycles. The number of nitrogens with one attached hydrogen (secondary N) is 3. The van der Waals surface area contributed by atoms with Gasteiger partial charge in [-0.05, 0) is 129 Å². The molecule has 19 nitrogen and oxygen atoms in total. The van der Waals surface area contributed by atoms with Gasteiger partial charge in [0.1, 0.15) is 29.9 Å². The number of aryl methyl sites for hydroxylation is 1. The highest BCUT2D eigenvalue weighted by molar-refractivity contribution is 7.46. The smallest absolute Gasteiger partial charge is 0.464 e. The highest BCUT2D eigenvalue weighted by Gasteiger charge is 2.52. The molecule has 2 saturated carbocycles. The average Bonchev–Trinajstić information content (AvgIpc) is 4.29. The Hall–Kier alpha value is -5.69. The number of amides is 4. The Labute approximate surface area is 432 Å². The number of fused-ring (bicyclic) bond motifs is 6. The molecular formula is C54H71N8O11P. The van der Waals surface area contributed by atoms with Gasteiger partial charge in [0.05, 0.1) is 30.6 Å². The number of hydrogen-bond donors (Lipinski definition) is 5. The molecule has 0 spiro atoms. The third-order valence-electron chi connectivity index (χ3n) is 15.6. The third-order valence-corrected chi connectivity index (χ3v) is 16.0. The van der Waals surface area contributed by atoms with E-state index < -0.39 is 55.1 Å². The van der Waals surface area contributed by atoms with Crippen LogP contribution in [0.15, 0.2) is 54.7 Å². The predicted molar refractivity (Wildman–Crippen MR) is 276 cm³/mol. The van der Waals surface area contributed by atoms with E-state index in [2.05, 4.69) is 27.6 Å². The Bertz CT molecular complexity index is 2860. The van der Waals surface area contributed by atoms with Crippen molar-refractivity contribution in [3.8, 4) is 28.1 Å². The Morgan fingerprint density at radius 2 is 1.77 bits per heavy atom. The first-order valence-electron chi connectivity index (χ1n) is 26.1. The van der Waals surface area contributed by atoms with Gasteiger partial charge < -0.3 is 33.7 Å². The van der Waals surface area contributed by atoms with Crippen LogP contribution in [0.1, 0.15) is 102 Å². The van der Waals surface area contributed by atoms with Crippen LogP contribution in [0.2, 0.25) is 0 Å². The minimum absolute atomic E-state index is 0.0469. The van der Waals surface area contributed by atoms with Crippen LogP contribution in [0.3, 0.4) is 0 Å². The summed E-state index contributed by atoms with van der Waals surface area (Å²) >= 11 is 0. The second-order valence-corrected chi connectivity index (χ2v) is 23.0. The SMILES string of the molecule is CCn1c(-c2cccnc2[C@H](C)OC)c2c3cc(ccc31)-c1cc(cc(OP(=O)(O)O)c1)C[C@H](NC(=O)[C@H](C1CCCC1)N(C)C(=O)CN(C)C(=O)[C@@H]1N[C@@H]1C1CC1)C(=O)N1CCC[C@H](N1)C(=O)OCC(C)(C)C2. The minimum Gasteiger partial charge on any atom is -0.464 e. The normalized spacial score (nSPS) is 23.1. The monoisotopic (exact) mass is 1040 g/mol. The van der Waals surface area contributed by atoms with Crippen LogP contribution in [0.25, 0.3) is 33.3 Å². The number of phosphoric acid groups is 1. The van der Waals surface area contributed by atoms with Crippen LogP contribution in [0, 0.1) is 17.3 Å². The largest absolute Gasteiger partial charge is 0.524 e. The van der Waals surface area contributed by atoms with Crippen molar-refractivity contribution in [2.75, 3.05) is 40.9 Å². The molecule has 2 aromatic carbocycles. The zero-order chi connectivity index (χ0) is 52.8. The zero-order valence-electron chi connectivity index (χ0n) is 43.5. The summed E-state index contributed by atoms with van der Waals surface area (Å²) < 4.78 is 32.0. The van der Waals surface area contributed by atoms with Crippen molar-refractivity contribution in [1.29, 1.82) is 0 Å². The van der Waals surface area contributed by atoms with E-state index in [0.717, 1.165) is 59.1 Å². The second kappa shape index (κ2) is 21.5. The van der Waals surface area contributed by atoms with Crippen LogP contribution < -0.4 is 20.6 Å². The molecule has 4 aromatic rings. The molecule has 2 aromatic heterocycles. The van der Waals surface area contributed by atoms with E-state index in [4.69, 9.17) is 19.0 Å². The zero-order valence-corrected chi connectivity index (χ0v) is 44.4. The number of benzene rings is 2. The Kier molecular flexibility index (Phi) is 15.4. The first-order valence-corrected chi connectivity index (χ1v) is 27.6. The van der Waals surface area contributed by atoms with Gasteiger partial charge in [0, 0.05) is 74.8 Å². The van der Waals surface area contributed by atoms with Gasteiger partial charge in [-0.1, -0.05) is 38.8 Å². The second-order valence-electron chi connectivity index (χ2n) is 21.8. The molecule has 6 bridgehead atoms. The molecule has 6 atom stereocenters. The van der Waals surface area contributed by atoms with Crippen LogP contribution in [0.4, 0.5) is 0 Å². The van der Waals surface area contributed by atoms with Gasteiger partial charge in [0.25, 0.3) is 5.91 Å². The van der Waals surface area contributed by atoms with E-state index in [1.54, 1.807) is 33.5 Å². The number of nitrogens with zero attached hydrogens (tertiary/aromatic N) is 5. The molecule has 74 heavy (non-hydrogen) atoms. The molecule has 0 radical (unpaired) electrons. The fourth-order valence-corrected chi connectivity index (χ4v) is 11.9. The highest BCUT2D eigenvalue weighted by Crippen LogP contribution is 2.44. The number of likely N-dealkylation sites (N-methyl/N-ethyl adjacent to an activating group) is 2. The van der Waals surface area contributed by atoms with E-state index in [1.165, 1.54) is 20.9 Å². The van der Waals surface area contributed by atoms with Crippen molar-refractivity contribution < 1.29 is 52.3 Å². The fraction of sp³-hybridized carbons (Fsp3) is 0.556. The number of aromatic nitrogens is 2. The first-order chi connectivity index (χ1) is 35.2. The van der Waals surface area contributed by atoms with Gasteiger partial charge in [-0.3, -0.25) is 49.1 Å². The molecule has 5 N–H and O–H groups in total. The topological polar surface area (TPSA) is 244 Å². The first kappa shape index (κ1) is 53.1. The number of carbonyl (C=O) groups excluding carboxylic acids is 5. The standard InChI is InChI=1S/C54H71N8O11P/c1-8-61-43-20-19-35-27-39(43)40(49(61)38-15-11-21-55-45(38)31(2)71-7)28-54(3,4)30-72-53(67)41-16-12-22-62(58-41)51(65)42(25-32-23-36(35)26-37(24-32)73-74(68,69)70)56-50(64)48(34-13-9-10-14-34)60(6)44(63)29-59(5)52(66)47-46(57-47)33-17-18-33/h11,15,19-21,23-24,26-27,31,33-34,41-42,46-48,57-58H,8-10,12-14,16-18,22,25,28-30H2,1-7H3,(H,56,64)(H2,68,69,70)/t31-,41-,42-,46+,47+,48-/m0/s1. The Morgan fingerprint density at radius 3 is 2.47 bits per heavy atom. The summed E-state index contributed by atoms with van der Waals surface area (Å²) in [6, 6.07) is 11.3. The lowest BCUT2D eigenvalue weighted by atomic mass is 9.84. The van der Waals surface area contributed by atoms with Gasteiger partial charge in [-0.15, -0.1) is 0 Å². The van der Waals surface area contributed by atoms with Crippen molar-refractivity contribution in [3.63, 3.8) is 0 Å². The lowest BCUT2D eigenvalue weighted by molar-refractivity contribution is -0.155. The predicted octanol–water partition coefficient (Wildman–Crippen LogP) is 5.44. The molecule has 5 heterocycles. The number of pyridine rings is 1. The summed E-state index contributed by atoms with van der Waals surface area (Å²) in [7, 11) is -0.311. The molecule has 4 fully saturated rings. The summed E-state index contributed by atoms with van der Waals surface area (Å²) in [6.07, 6.45) is 7.72. The molecular weight excluding hydrogens is 968 g/mol. The molecule has 5 aliphatic rings. The van der Waals surface area contributed by atoms with Crippen molar-refractivity contribution in [2.45, 2.75) is 135 Å². The molecule has 3 aliphatic heterocycles. The number of carbonyl (C=O) groups is 5. The summed E-state index contributed by atoms with van der Waals surface area (Å²) in [5.74, 6) is -2.16. The number of cyclic esters (lactones) is 1. The van der Waals surface area contributed by atoms with Gasteiger partial charge >= 0.3 is 13.8 Å². The number of hydrogen-bond acceptors (Lipinski definition) is 12. The lowest BCUT2D eigenvalue weighted by Crippen LogP contribution is -2.62. The quantitative estimate of drug-likeness (QED) is 0.0600. The van der Waals surface area contributed by atoms with E-state index in [-0.39, 0.29) is 61.9 Å². The van der Waals surface area contributed by atoms with Crippen LogP contribution in [-0.4, -0.2) is 135 Å². The number of rotatable bonds is 14. The molecule has 0 unspecified atom stereocenters. The summed E-state index contributed by atoms with van der Waals surface area (Å²) in [5, 5.41) is 8.50. The summed E-state index contributed by atoms with van der Waals surface area (Å²) in [5.41, 5.74) is 8.56. The Balaban J connectivity index is 1.12. The van der Waals surface area contributed by atoms with Gasteiger partial charge in [0.2, 0.25) is 17.7 Å². The summed E-state index contributed by atoms with van der Waals surface area (Å²) in [4.78, 5) is 99.4. The molecule has 9 rings (SSSR count). The average molecular weight is 1040 g/mol. The van der Waals surface area contributed by atoms with E-state index in [9.17, 15) is 33.5 Å². The van der Waals surface area contributed by atoms with Crippen molar-refractivity contribution in [1.82, 2.24) is 40.4 Å². The van der Waals surface area contributed by atoms with Gasteiger partial charge in [-0.2, -0.15) is 0 Å². The van der Waals surface area contributed by atoms with Crippen molar-refractivity contribution >= 4 is 48.3 Å². The number of esters is 1. The third kappa shape index (κ3) is 11.6. The molecule has 4 amide bonds. The molecule has 2 saturated heterocycles. The molecule has 20 heteroatoms. The van der Waals surface area contributed by atoms with Crippen molar-refractivity contribution in [2.24, 2.45) is 17.3 Å².